The number of aryl methyl sites for hydroxylation is 1. The van der Waals surface area contributed by atoms with Crippen molar-refractivity contribution in [3.63, 3.8) is 0 Å². The molecular formula is C18H17Cl2N3OS. The smallest absolute Gasteiger partial charge is 0.266 e. The van der Waals surface area contributed by atoms with Crippen LogP contribution in [0.15, 0.2) is 34.2 Å². The van der Waals surface area contributed by atoms with Crippen molar-refractivity contribution in [1.82, 2.24) is 9.47 Å². The van der Waals surface area contributed by atoms with Crippen LogP contribution in [0.2, 0.25) is 10.0 Å². The van der Waals surface area contributed by atoms with Gasteiger partial charge in [0, 0.05) is 30.5 Å². The summed E-state index contributed by atoms with van der Waals surface area (Å²) in [6.07, 6.45) is 1.91. The summed E-state index contributed by atoms with van der Waals surface area (Å²) in [4.78, 5) is 18.7. The molecular weight excluding hydrogens is 377 g/mol. The second-order valence-electron chi connectivity index (χ2n) is 5.74. The third kappa shape index (κ3) is 3.24. The number of hydrogen-bond donors (Lipinski definition) is 0. The van der Waals surface area contributed by atoms with Crippen LogP contribution in [0.4, 0.5) is 0 Å². The number of halogens is 2. The maximum Gasteiger partial charge on any atom is 0.266 e. The molecule has 4 nitrogen and oxygen atoms in total. The second kappa shape index (κ2) is 6.90. The van der Waals surface area contributed by atoms with Gasteiger partial charge >= 0.3 is 0 Å². The summed E-state index contributed by atoms with van der Waals surface area (Å²) in [7, 11) is 3.42. The highest BCUT2D eigenvalue weighted by Crippen LogP contribution is 2.34. The third-order valence-electron chi connectivity index (χ3n) is 4.10. The van der Waals surface area contributed by atoms with E-state index in [0.29, 0.717) is 20.1 Å². The minimum Gasteiger partial charge on any atom is -0.316 e. The lowest BCUT2D eigenvalue weighted by Gasteiger charge is -2.12. The van der Waals surface area contributed by atoms with E-state index in [1.54, 1.807) is 25.1 Å². The molecule has 0 N–H and O–H groups in total. The maximum atomic E-state index is 12.4. The zero-order chi connectivity index (χ0) is 18.3. The van der Waals surface area contributed by atoms with E-state index < -0.39 is 0 Å². The van der Waals surface area contributed by atoms with E-state index in [0.717, 1.165) is 22.6 Å². The van der Waals surface area contributed by atoms with Crippen molar-refractivity contribution in [2.75, 3.05) is 14.1 Å². The van der Waals surface area contributed by atoms with Crippen molar-refractivity contribution < 1.29 is 4.79 Å². The molecule has 0 saturated carbocycles. The number of benzene rings is 1. The number of hydrogen-bond acceptors (Lipinski definition) is 3. The zero-order valence-corrected chi connectivity index (χ0v) is 16.6. The van der Waals surface area contributed by atoms with E-state index in [-0.39, 0.29) is 5.91 Å². The van der Waals surface area contributed by atoms with E-state index in [4.69, 9.17) is 23.2 Å². The summed E-state index contributed by atoms with van der Waals surface area (Å²) < 4.78 is 2.06. The van der Waals surface area contributed by atoms with Crippen LogP contribution in [-0.2, 0) is 4.79 Å². The lowest BCUT2D eigenvalue weighted by molar-refractivity contribution is -0.121. The highest BCUT2D eigenvalue weighted by atomic mass is 35.5. The SMILES string of the molecule is CN=C1SC(=Cc2cc(C)n(-c3ccc(Cl)cc3Cl)c2C)C(=O)N1C. The van der Waals surface area contributed by atoms with Gasteiger partial charge in [0.15, 0.2) is 5.17 Å². The van der Waals surface area contributed by atoms with Crippen molar-refractivity contribution in [3.8, 4) is 5.69 Å². The highest BCUT2D eigenvalue weighted by molar-refractivity contribution is 8.18. The Labute approximate surface area is 161 Å². The maximum absolute atomic E-state index is 12.4. The standard InChI is InChI=1S/C18H17Cl2N3OS/c1-10-7-12(8-16-17(24)22(4)18(21-3)25-16)11(2)23(10)15-6-5-13(19)9-14(15)20/h5-9H,1-4H3. The monoisotopic (exact) mass is 393 g/mol. The van der Waals surface area contributed by atoms with Gasteiger partial charge in [-0.15, -0.1) is 0 Å². The predicted molar refractivity (Wildman–Crippen MR) is 107 cm³/mol. The highest BCUT2D eigenvalue weighted by Gasteiger charge is 2.30. The number of nitrogens with zero attached hydrogens (tertiary/aromatic N) is 3. The van der Waals surface area contributed by atoms with E-state index >= 15 is 0 Å². The fourth-order valence-corrected chi connectivity index (χ4v) is 4.27. The Bertz CT molecular complexity index is 931. The molecule has 0 radical (unpaired) electrons. The quantitative estimate of drug-likeness (QED) is 0.678. The fraction of sp³-hybridized carbons (Fsp3) is 0.222. The van der Waals surface area contributed by atoms with Crippen LogP contribution in [0.5, 0.6) is 0 Å². The summed E-state index contributed by atoms with van der Waals surface area (Å²) >= 11 is 13.7. The molecule has 1 aromatic carbocycles. The number of likely N-dealkylation sites (N-methyl/N-ethyl adjacent to an activating group) is 1. The van der Waals surface area contributed by atoms with Crippen LogP contribution >= 0.6 is 35.0 Å². The molecule has 1 aliphatic heterocycles. The van der Waals surface area contributed by atoms with Crippen LogP contribution < -0.4 is 0 Å². The normalized spacial score (nSPS) is 18.0. The van der Waals surface area contributed by atoms with Crippen LogP contribution in [0.25, 0.3) is 11.8 Å². The Hall–Kier alpha value is -1.69. The van der Waals surface area contributed by atoms with E-state index in [2.05, 4.69) is 9.56 Å². The van der Waals surface area contributed by atoms with Gasteiger partial charge in [-0.3, -0.25) is 14.7 Å². The number of aromatic nitrogens is 1. The van der Waals surface area contributed by atoms with Gasteiger partial charge in [-0.2, -0.15) is 0 Å². The molecule has 3 rings (SSSR count). The van der Waals surface area contributed by atoms with Crippen LogP contribution in [0.1, 0.15) is 17.0 Å². The molecule has 25 heavy (non-hydrogen) atoms. The van der Waals surface area contributed by atoms with Crippen molar-refractivity contribution >= 4 is 52.1 Å². The first kappa shape index (κ1) is 18.1. The third-order valence-corrected chi connectivity index (χ3v) is 5.79. The summed E-state index contributed by atoms with van der Waals surface area (Å²) in [5.41, 5.74) is 3.88. The molecule has 2 heterocycles. The van der Waals surface area contributed by atoms with E-state index in [1.165, 1.54) is 11.8 Å². The molecule has 0 bridgehead atoms. The molecule has 0 unspecified atom stereocenters. The van der Waals surface area contributed by atoms with E-state index in [1.807, 2.05) is 38.1 Å². The first-order valence-corrected chi connectivity index (χ1v) is 9.19. The van der Waals surface area contributed by atoms with Gasteiger partial charge in [0.1, 0.15) is 0 Å². The Morgan fingerprint density at radius 3 is 2.52 bits per heavy atom. The number of amides is 1. The number of amidine groups is 1. The van der Waals surface area contributed by atoms with Gasteiger partial charge in [-0.25, -0.2) is 0 Å². The van der Waals surface area contributed by atoms with Gasteiger partial charge in [0.05, 0.1) is 15.6 Å². The molecule has 0 aliphatic carbocycles. The summed E-state index contributed by atoms with van der Waals surface area (Å²) in [5.74, 6) is -0.0417. The molecule has 130 valence electrons. The average molecular weight is 394 g/mol. The lowest BCUT2D eigenvalue weighted by Crippen LogP contribution is -2.23. The Morgan fingerprint density at radius 1 is 1.20 bits per heavy atom. The fourth-order valence-electron chi connectivity index (χ4n) is 2.86. The Balaban J connectivity index is 2.07. The minimum atomic E-state index is -0.0417. The molecule has 1 aromatic heterocycles. The van der Waals surface area contributed by atoms with Crippen LogP contribution in [0.3, 0.4) is 0 Å². The molecule has 7 heteroatoms. The molecule has 1 fully saturated rings. The van der Waals surface area contributed by atoms with Gasteiger partial charge < -0.3 is 4.57 Å². The topological polar surface area (TPSA) is 37.6 Å². The van der Waals surface area contributed by atoms with Crippen LogP contribution in [0, 0.1) is 13.8 Å². The van der Waals surface area contributed by atoms with E-state index in [9.17, 15) is 4.79 Å². The predicted octanol–water partition coefficient (Wildman–Crippen LogP) is 4.93. The number of aliphatic imine (C=N–C) groups is 1. The Kier molecular flexibility index (Phi) is 5.00. The summed E-state index contributed by atoms with van der Waals surface area (Å²) in [6.45, 7) is 4.02. The average Bonchev–Trinajstić information content (AvgIpc) is 2.99. The summed E-state index contributed by atoms with van der Waals surface area (Å²) in [6, 6.07) is 7.48. The van der Waals surface area contributed by atoms with Crippen molar-refractivity contribution in [2.45, 2.75) is 13.8 Å². The van der Waals surface area contributed by atoms with Crippen molar-refractivity contribution in [1.29, 1.82) is 0 Å². The van der Waals surface area contributed by atoms with Gasteiger partial charge in [-0.05, 0) is 61.5 Å². The van der Waals surface area contributed by atoms with Crippen molar-refractivity contribution in [2.24, 2.45) is 4.99 Å². The number of carbonyl (C=O) groups is 1. The Morgan fingerprint density at radius 2 is 1.92 bits per heavy atom. The zero-order valence-electron chi connectivity index (χ0n) is 14.3. The lowest BCUT2D eigenvalue weighted by atomic mass is 10.2. The van der Waals surface area contributed by atoms with Gasteiger partial charge in [0.2, 0.25) is 0 Å². The summed E-state index contributed by atoms with van der Waals surface area (Å²) in [5, 5.41) is 1.88. The number of rotatable bonds is 2. The van der Waals surface area contributed by atoms with Gasteiger partial charge in [-0.1, -0.05) is 23.2 Å². The molecule has 1 aliphatic rings. The van der Waals surface area contributed by atoms with Gasteiger partial charge in [0.25, 0.3) is 5.91 Å². The van der Waals surface area contributed by atoms with Crippen LogP contribution in [-0.4, -0.2) is 34.6 Å². The molecule has 1 amide bonds. The molecule has 1 saturated heterocycles. The second-order valence-corrected chi connectivity index (χ2v) is 7.59. The first-order chi connectivity index (χ1) is 11.8. The molecule has 0 atom stereocenters. The molecule has 2 aromatic rings. The largest absolute Gasteiger partial charge is 0.316 e. The minimum absolute atomic E-state index is 0.0417. The first-order valence-electron chi connectivity index (χ1n) is 7.62. The van der Waals surface area contributed by atoms with Crippen molar-refractivity contribution in [3.05, 3.63) is 56.2 Å². The molecule has 0 spiro atoms. The number of carbonyl (C=O) groups excluding carboxylic acids is 1. The number of thioether (sulfide) groups is 1.